The van der Waals surface area contributed by atoms with Gasteiger partial charge in [-0.15, -0.1) is 0 Å². The van der Waals surface area contributed by atoms with Crippen LogP contribution in [0.3, 0.4) is 0 Å². The predicted octanol–water partition coefficient (Wildman–Crippen LogP) is 6.48. The Morgan fingerprint density at radius 2 is 1.14 bits per heavy atom. The van der Waals surface area contributed by atoms with Crippen molar-refractivity contribution in [3.63, 3.8) is 0 Å². The molecule has 3 nitrogen and oxygen atoms in total. The second-order valence-corrected chi connectivity index (χ2v) is 6.19. The van der Waals surface area contributed by atoms with Gasteiger partial charge >= 0.3 is 5.97 Å². The van der Waals surface area contributed by atoms with Crippen molar-refractivity contribution in [1.82, 2.24) is 0 Å². The molecule has 130 valence electrons. The highest BCUT2D eigenvalue weighted by molar-refractivity contribution is 5.65. The van der Waals surface area contributed by atoms with Crippen molar-refractivity contribution >= 4 is 5.97 Å². The van der Waals surface area contributed by atoms with Gasteiger partial charge in [0, 0.05) is 13.3 Å². The third-order valence-corrected chi connectivity index (χ3v) is 3.84. The molecule has 0 unspecified atom stereocenters. The third-order valence-electron chi connectivity index (χ3n) is 3.84. The average molecular weight is 312 g/mol. The van der Waals surface area contributed by atoms with E-state index >= 15 is 0 Å². The lowest BCUT2D eigenvalue weighted by atomic mass is 10.0. The molecule has 3 heteroatoms. The van der Waals surface area contributed by atoms with Crippen molar-refractivity contribution in [1.29, 1.82) is 0 Å². The number of hydrogen-bond acceptors (Lipinski definition) is 3. The lowest BCUT2D eigenvalue weighted by Gasteiger charge is -2.05. The molecule has 0 aliphatic rings. The van der Waals surface area contributed by atoms with Gasteiger partial charge in [0.2, 0.25) is 0 Å². The zero-order chi connectivity index (χ0) is 16.5. The summed E-state index contributed by atoms with van der Waals surface area (Å²) in [6.07, 6.45) is 18.2. The molecule has 0 rings (SSSR count). The van der Waals surface area contributed by atoms with Crippen LogP contribution in [0.15, 0.2) is 12.3 Å². The molecule has 0 atom stereocenters. The van der Waals surface area contributed by atoms with E-state index in [9.17, 15) is 4.79 Å². The number of carbonyl (C=O) groups is 1. The second-order valence-electron chi connectivity index (χ2n) is 6.19. The first-order valence-electron chi connectivity index (χ1n) is 9.19. The van der Waals surface area contributed by atoms with E-state index in [1.807, 2.05) is 0 Å². The van der Waals surface area contributed by atoms with Gasteiger partial charge in [-0.1, -0.05) is 90.6 Å². The average Bonchev–Trinajstić information content (AvgIpc) is 2.49. The Labute approximate surface area is 137 Å². The van der Waals surface area contributed by atoms with E-state index < -0.39 is 5.97 Å². The lowest BCUT2D eigenvalue weighted by Crippen LogP contribution is -1.99. The molecule has 0 fully saturated rings. The molecule has 0 aromatic rings. The molecule has 22 heavy (non-hydrogen) atoms. The molecule has 0 radical (unpaired) electrons. The summed E-state index contributed by atoms with van der Waals surface area (Å²) in [6.45, 7) is 7.31. The largest absolute Gasteiger partial charge is 0.352 e. The summed E-state index contributed by atoms with van der Waals surface area (Å²) in [6, 6.07) is 0. The summed E-state index contributed by atoms with van der Waals surface area (Å²) >= 11 is 0. The molecular formula is C19H36O3. The topological polar surface area (TPSA) is 35.5 Å². The Bertz CT molecular complexity index is 274. The molecule has 0 aromatic carbocycles. The smallest absolute Gasteiger partial charge is 0.292 e. The highest BCUT2D eigenvalue weighted by atomic mass is 17.2. The Hall–Kier alpha value is -0.990. The first kappa shape index (κ1) is 21.0. The minimum atomic E-state index is -0.438. The number of unbranched alkanes of at least 4 members (excludes halogenated alkanes) is 12. The van der Waals surface area contributed by atoms with Gasteiger partial charge in [-0.05, 0) is 6.42 Å². The van der Waals surface area contributed by atoms with Gasteiger partial charge in [-0.25, -0.2) is 4.79 Å². The van der Waals surface area contributed by atoms with Crippen LogP contribution in [-0.4, -0.2) is 5.97 Å². The van der Waals surface area contributed by atoms with E-state index in [4.69, 9.17) is 4.89 Å². The molecule has 0 aliphatic carbocycles. The van der Waals surface area contributed by atoms with Gasteiger partial charge in [-0.3, -0.25) is 9.78 Å². The standard InChI is InChI=1S/C19H36O3/c1-4-5-6-7-8-9-10-11-12-13-14-15-16-17-18(2)21-22-19(3)20/h2,4-17H2,1,3H3. The fraction of sp³-hybridized carbons (Fsp3) is 0.842. The number of rotatable bonds is 16. The predicted molar refractivity (Wildman–Crippen MR) is 92.3 cm³/mol. The SMILES string of the molecule is C=C(CCCCCCCCCCCCCCC)OOC(C)=O. The van der Waals surface area contributed by atoms with E-state index in [1.165, 1.54) is 84.0 Å². The van der Waals surface area contributed by atoms with Crippen LogP contribution < -0.4 is 0 Å². The summed E-state index contributed by atoms with van der Waals surface area (Å²) in [4.78, 5) is 19.7. The number of allylic oxidation sites excluding steroid dienone is 1. The molecule has 0 amide bonds. The molecule has 0 saturated carbocycles. The zero-order valence-corrected chi connectivity index (χ0v) is 14.8. The maximum Gasteiger partial charge on any atom is 0.352 e. The van der Waals surface area contributed by atoms with Gasteiger partial charge in [0.25, 0.3) is 0 Å². The van der Waals surface area contributed by atoms with Crippen LogP contribution >= 0.6 is 0 Å². The first-order chi connectivity index (χ1) is 10.7. The maximum atomic E-state index is 10.5. The van der Waals surface area contributed by atoms with Crippen LogP contribution in [-0.2, 0) is 14.6 Å². The van der Waals surface area contributed by atoms with Gasteiger partial charge in [0.15, 0.2) is 0 Å². The Kier molecular flexibility index (Phi) is 15.6. The molecule has 0 heterocycles. The summed E-state index contributed by atoms with van der Waals surface area (Å²) < 4.78 is 0. The third kappa shape index (κ3) is 17.1. The fourth-order valence-corrected chi connectivity index (χ4v) is 2.50. The molecule has 0 bridgehead atoms. The normalized spacial score (nSPS) is 10.5. The lowest BCUT2D eigenvalue weighted by molar-refractivity contribution is -0.246. The minimum Gasteiger partial charge on any atom is -0.292 e. The zero-order valence-electron chi connectivity index (χ0n) is 14.8. The van der Waals surface area contributed by atoms with Gasteiger partial charge in [0.05, 0.1) is 0 Å². The van der Waals surface area contributed by atoms with Crippen LogP contribution in [0.5, 0.6) is 0 Å². The monoisotopic (exact) mass is 312 g/mol. The second kappa shape index (κ2) is 16.4. The van der Waals surface area contributed by atoms with Crippen LogP contribution in [0.2, 0.25) is 0 Å². The van der Waals surface area contributed by atoms with Gasteiger partial charge < -0.3 is 0 Å². The highest BCUT2D eigenvalue weighted by Crippen LogP contribution is 2.14. The summed E-state index contributed by atoms with van der Waals surface area (Å²) in [7, 11) is 0. The van der Waals surface area contributed by atoms with E-state index in [-0.39, 0.29) is 0 Å². The molecule has 0 aliphatic heterocycles. The molecule has 0 saturated heterocycles. The van der Waals surface area contributed by atoms with Crippen LogP contribution in [0.4, 0.5) is 0 Å². The van der Waals surface area contributed by atoms with E-state index in [1.54, 1.807) is 0 Å². The minimum absolute atomic E-state index is 0.438. The van der Waals surface area contributed by atoms with E-state index in [2.05, 4.69) is 18.4 Å². The highest BCUT2D eigenvalue weighted by Gasteiger charge is 2.00. The van der Waals surface area contributed by atoms with Crippen molar-refractivity contribution < 1.29 is 14.6 Å². The van der Waals surface area contributed by atoms with Crippen molar-refractivity contribution in [2.45, 2.75) is 104 Å². The van der Waals surface area contributed by atoms with Crippen molar-refractivity contribution in [3.8, 4) is 0 Å². The summed E-state index contributed by atoms with van der Waals surface area (Å²) in [5, 5.41) is 0. The molecular weight excluding hydrogens is 276 g/mol. The molecule has 0 spiro atoms. The van der Waals surface area contributed by atoms with Gasteiger partial charge in [-0.2, -0.15) is 0 Å². The van der Waals surface area contributed by atoms with Crippen molar-refractivity contribution in [2.75, 3.05) is 0 Å². The van der Waals surface area contributed by atoms with Crippen LogP contribution in [0.1, 0.15) is 104 Å². The van der Waals surface area contributed by atoms with Gasteiger partial charge in [0.1, 0.15) is 5.76 Å². The van der Waals surface area contributed by atoms with Crippen molar-refractivity contribution in [2.24, 2.45) is 0 Å². The first-order valence-corrected chi connectivity index (χ1v) is 9.19. The summed E-state index contributed by atoms with van der Waals surface area (Å²) in [5.41, 5.74) is 0. The number of hydrogen-bond donors (Lipinski definition) is 0. The Morgan fingerprint density at radius 1 is 0.727 bits per heavy atom. The fourth-order valence-electron chi connectivity index (χ4n) is 2.50. The maximum absolute atomic E-state index is 10.5. The molecule has 0 aromatic heterocycles. The van der Waals surface area contributed by atoms with Crippen LogP contribution in [0.25, 0.3) is 0 Å². The quantitative estimate of drug-likeness (QED) is 0.142. The molecule has 0 N–H and O–H groups in total. The van der Waals surface area contributed by atoms with E-state index in [0.29, 0.717) is 5.76 Å². The summed E-state index contributed by atoms with van der Waals surface area (Å²) in [5.74, 6) is 0.102. The Morgan fingerprint density at radius 3 is 1.55 bits per heavy atom. The van der Waals surface area contributed by atoms with Crippen molar-refractivity contribution in [3.05, 3.63) is 12.3 Å². The van der Waals surface area contributed by atoms with Crippen LogP contribution in [0, 0.1) is 0 Å². The van der Waals surface area contributed by atoms with E-state index in [0.717, 1.165) is 12.8 Å². The number of carbonyl (C=O) groups excluding carboxylic acids is 1. The Balaban J connectivity index is 3.11.